The number of hydrogen-bond acceptors (Lipinski definition) is 4. The van der Waals surface area contributed by atoms with Crippen molar-refractivity contribution < 1.29 is 8.42 Å². The Bertz CT molecular complexity index is 393. The van der Waals surface area contributed by atoms with Gasteiger partial charge < -0.3 is 5.32 Å². The van der Waals surface area contributed by atoms with E-state index in [4.69, 9.17) is 0 Å². The van der Waals surface area contributed by atoms with E-state index in [0.29, 0.717) is 24.5 Å². The van der Waals surface area contributed by atoms with Crippen molar-refractivity contribution in [2.24, 2.45) is 5.92 Å². The summed E-state index contributed by atoms with van der Waals surface area (Å²) in [6, 6.07) is 0.987. The zero-order valence-corrected chi connectivity index (χ0v) is 15.2. The van der Waals surface area contributed by atoms with Gasteiger partial charge in [0.15, 0.2) is 9.84 Å². The normalized spacial score (nSPS) is 24.9. The van der Waals surface area contributed by atoms with Crippen molar-refractivity contribution in [1.29, 1.82) is 0 Å². The second-order valence-electron chi connectivity index (χ2n) is 7.09. The summed E-state index contributed by atoms with van der Waals surface area (Å²) in [6.07, 6.45) is 3.47. The molecular weight excluding hydrogens is 284 g/mol. The molecule has 1 fully saturated rings. The van der Waals surface area contributed by atoms with Crippen molar-refractivity contribution in [2.45, 2.75) is 71.2 Å². The number of sulfone groups is 1. The molecule has 1 aliphatic rings. The van der Waals surface area contributed by atoms with Gasteiger partial charge in [-0.25, -0.2) is 8.42 Å². The third-order valence-electron chi connectivity index (χ3n) is 4.38. The van der Waals surface area contributed by atoms with E-state index in [9.17, 15) is 8.42 Å². The van der Waals surface area contributed by atoms with Crippen LogP contribution in [0.4, 0.5) is 0 Å². The highest BCUT2D eigenvalue weighted by Crippen LogP contribution is 2.17. The Morgan fingerprint density at radius 1 is 1.24 bits per heavy atom. The second kappa shape index (κ2) is 8.49. The fourth-order valence-electron chi connectivity index (χ4n) is 3.00. The maximum absolute atomic E-state index is 12.1. The maximum Gasteiger partial charge on any atom is 0.153 e. The van der Waals surface area contributed by atoms with Crippen molar-refractivity contribution in [3.8, 4) is 0 Å². The van der Waals surface area contributed by atoms with Crippen LogP contribution in [0.3, 0.4) is 0 Å². The molecule has 0 aromatic rings. The minimum Gasteiger partial charge on any atom is -0.311 e. The highest BCUT2D eigenvalue weighted by molar-refractivity contribution is 7.92. The van der Waals surface area contributed by atoms with E-state index in [2.05, 4.69) is 31.0 Å². The summed E-state index contributed by atoms with van der Waals surface area (Å²) in [4.78, 5) is 2.41. The molecule has 0 bridgehead atoms. The van der Waals surface area contributed by atoms with Gasteiger partial charge in [-0.2, -0.15) is 0 Å². The number of rotatable bonds is 8. The monoisotopic (exact) mass is 318 g/mol. The third kappa shape index (κ3) is 6.25. The summed E-state index contributed by atoms with van der Waals surface area (Å²) >= 11 is 0. The van der Waals surface area contributed by atoms with Crippen LogP contribution in [0.15, 0.2) is 0 Å². The molecule has 1 saturated heterocycles. The number of hydrogen-bond donors (Lipinski definition) is 1. The first-order chi connectivity index (χ1) is 9.76. The van der Waals surface area contributed by atoms with Gasteiger partial charge in [0.1, 0.15) is 0 Å². The van der Waals surface area contributed by atoms with Crippen LogP contribution < -0.4 is 5.32 Å². The largest absolute Gasteiger partial charge is 0.311 e. The van der Waals surface area contributed by atoms with Crippen molar-refractivity contribution >= 4 is 9.84 Å². The molecule has 1 aliphatic heterocycles. The molecule has 0 spiro atoms. The fourth-order valence-corrected chi connectivity index (χ4v) is 3.96. The van der Waals surface area contributed by atoms with Gasteiger partial charge in [0.2, 0.25) is 0 Å². The van der Waals surface area contributed by atoms with Crippen LogP contribution in [0.5, 0.6) is 0 Å². The summed E-state index contributed by atoms with van der Waals surface area (Å²) in [5.74, 6) is 0.932. The molecule has 5 heteroatoms. The summed E-state index contributed by atoms with van der Waals surface area (Å²) in [6.45, 7) is 12.9. The quantitative estimate of drug-likeness (QED) is 0.746. The van der Waals surface area contributed by atoms with Crippen molar-refractivity contribution in [3.05, 3.63) is 0 Å². The molecule has 2 atom stereocenters. The van der Waals surface area contributed by atoms with E-state index in [1.54, 1.807) is 13.8 Å². The minimum atomic E-state index is -2.94. The molecule has 126 valence electrons. The molecule has 21 heavy (non-hydrogen) atoms. The molecule has 0 aromatic heterocycles. The van der Waals surface area contributed by atoms with Gasteiger partial charge in [0.05, 0.1) is 11.0 Å². The molecule has 0 aliphatic carbocycles. The van der Waals surface area contributed by atoms with E-state index in [1.807, 2.05) is 0 Å². The Hall–Kier alpha value is -0.130. The van der Waals surface area contributed by atoms with Gasteiger partial charge in [-0.3, -0.25) is 4.90 Å². The zero-order chi connectivity index (χ0) is 16.0. The minimum absolute atomic E-state index is 0.268. The Morgan fingerprint density at radius 2 is 1.90 bits per heavy atom. The summed E-state index contributed by atoms with van der Waals surface area (Å²) in [5, 5.41) is 3.37. The molecule has 0 amide bonds. The second-order valence-corrected chi connectivity index (χ2v) is 9.76. The number of piperazine rings is 1. The van der Waals surface area contributed by atoms with Crippen molar-refractivity contribution in [1.82, 2.24) is 10.2 Å². The molecule has 1 heterocycles. The lowest BCUT2D eigenvalue weighted by Crippen LogP contribution is -2.57. The Morgan fingerprint density at radius 3 is 2.43 bits per heavy atom. The van der Waals surface area contributed by atoms with Gasteiger partial charge in [0.25, 0.3) is 0 Å². The van der Waals surface area contributed by atoms with E-state index < -0.39 is 9.84 Å². The first kappa shape index (κ1) is 18.9. The molecular formula is C16H34N2O2S. The highest BCUT2D eigenvalue weighted by Gasteiger charge is 2.29. The average molecular weight is 319 g/mol. The molecule has 4 nitrogen and oxygen atoms in total. The molecule has 0 aromatic carbocycles. The third-order valence-corrected chi connectivity index (χ3v) is 6.56. The number of nitrogens with zero attached hydrogens (tertiary/aromatic N) is 1. The lowest BCUT2D eigenvalue weighted by atomic mass is 9.98. The first-order valence-corrected chi connectivity index (χ1v) is 10.2. The van der Waals surface area contributed by atoms with E-state index in [-0.39, 0.29) is 11.0 Å². The standard InChI is InChI=1S/C16H34N2O2S/c1-6-7-15-12-18(8-9-21(19,20)14(4)5)16(11-17-15)10-13(2)3/h13-17H,6-12H2,1-5H3. The van der Waals surface area contributed by atoms with Gasteiger partial charge in [-0.1, -0.05) is 27.2 Å². The lowest BCUT2D eigenvalue weighted by molar-refractivity contribution is 0.118. The SMILES string of the molecule is CCCC1CN(CCS(=O)(=O)C(C)C)C(CC(C)C)CN1. The van der Waals surface area contributed by atoms with Crippen LogP contribution in [0, 0.1) is 5.92 Å². The highest BCUT2D eigenvalue weighted by atomic mass is 32.2. The Balaban J connectivity index is 2.65. The number of nitrogens with one attached hydrogen (secondary N) is 1. The zero-order valence-electron chi connectivity index (χ0n) is 14.4. The van der Waals surface area contributed by atoms with E-state index in [1.165, 1.54) is 12.8 Å². The van der Waals surface area contributed by atoms with Gasteiger partial charge in [0, 0.05) is 31.7 Å². The molecule has 1 N–H and O–H groups in total. The molecule has 1 rings (SSSR count). The van der Waals surface area contributed by atoms with Crippen LogP contribution in [-0.2, 0) is 9.84 Å². The predicted octanol–water partition coefficient (Wildman–Crippen LogP) is 2.30. The smallest absolute Gasteiger partial charge is 0.153 e. The fraction of sp³-hybridized carbons (Fsp3) is 1.00. The predicted molar refractivity (Wildman–Crippen MR) is 90.4 cm³/mol. The van der Waals surface area contributed by atoms with Gasteiger partial charge >= 0.3 is 0 Å². The summed E-state index contributed by atoms with van der Waals surface area (Å²) in [5.41, 5.74) is 0. The molecule has 2 unspecified atom stereocenters. The van der Waals surface area contributed by atoms with E-state index >= 15 is 0 Å². The lowest BCUT2D eigenvalue weighted by Gasteiger charge is -2.41. The summed E-state index contributed by atoms with van der Waals surface area (Å²) < 4.78 is 24.1. The topological polar surface area (TPSA) is 49.4 Å². The maximum atomic E-state index is 12.1. The first-order valence-electron chi connectivity index (χ1n) is 8.45. The van der Waals surface area contributed by atoms with Crippen LogP contribution in [-0.4, -0.2) is 56.0 Å². The Labute approximate surface area is 131 Å². The molecule has 0 radical (unpaired) electrons. The van der Waals surface area contributed by atoms with Crippen LogP contribution in [0.25, 0.3) is 0 Å². The Kier molecular flexibility index (Phi) is 7.65. The van der Waals surface area contributed by atoms with Crippen LogP contribution in [0.2, 0.25) is 0 Å². The van der Waals surface area contributed by atoms with Crippen LogP contribution >= 0.6 is 0 Å². The van der Waals surface area contributed by atoms with Gasteiger partial charge in [-0.05, 0) is 32.6 Å². The van der Waals surface area contributed by atoms with Crippen molar-refractivity contribution in [3.63, 3.8) is 0 Å². The van der Waals surface area contributed by atoms with Crippen LogP contribution in [0.1, 0.15) is 53.9 Å². The molecule has 0 saturated carbocycles. The average Bonchev–Trinajstić information content (AvgIpc) is 2.38. The van der Waals surface area contributed by atoms with Gasteiger partial charge in [-0.15, -0.1) is 0 Å². The van der Waals surface area contributed by atoms with Crippen molar-refractivity contribution in [2.75, 3.05) is 25.4 Å². The van der Waals surface area contributed by atoms with E-state index in [0.717, 1.165) is 19.5 Å². The summed E-state index contributed by atoms with van der Waals surface area (Å²) in [7, 11) is -2.94.